The zero-order valence-electron chi connectivity index (χ0n) is 15.7. The lowest BCUT2D eigenvalue weighted by Gasteiger charge is -2.13. The van der Waals surface area contributed by atoms with Gasteiger partial charge in [-0.1, -0.05) is 25.5 Å². The number of pyridine rings is 1. The van der Waals surface area contributed by atoms with Gasteiger partial charge in [0.15, 0.2) is 0 Å². The number of nitrogens with one attached hydrogen (secondary N) is 1. The van der Waals surface area contributed by atoms with Crippen LogP contribution in [-0.4, -0.2) is 11.6 Å². The van der Waals surface area contributed by atoms with Crippen LogP contribution >= 0.6 is 12.4 Å². The number of anilines is 2. The highest BCUT2D eigenvalue weighted by atomic mass is 35.5. The zero-order chi connectivity index (χ0) is 17.6. The van der Waals surface area contributed by atoms with E-state index in [1.165, 1.54) is 18.4 Å². The molecule has 1 heterocycles. The molecule has 0 spiro atoms. The van der Waals surface area contributed by atoms with E-state index >= 15 is 0 Å². The first-order valence-electron chi connectivity index (χ1n) is 9.09. The topological polar surface area (TPSA) is 34.2 Å². The number of fused-ring (bicyclic) bond motifs is 1. The SMILES string of the molecule is CCCCc1ccc(Nc2cc(C)nc3ccc(OCC)cc23)cc1.Cl. The summed E-state index contributed by atoms with van der Waals surface area (Å²) in [5.74, 6) is 0.874. The van der Waals surface area contributed by atoms with Gasteiger partial charge in [0.1, 0.15) is 5.75 Å². The van der Waals surface area contributed by atoms with E-state index < -0.39 is 0 Å². The van der Waals surface area contributed by atoms with Crippen molar-refractivity contribution in [2.75, 3.05) is 11.9 Å². The number of aryl methyl sites for hydroxylation is 2. The van der Waals surface area contributed by atoms with Crippen LogP contribution in [0.15, 0.2) is 48.5 Å². The molecule has 0 saturated heterocycles. The fraction of sp³-hybridized carbons (Fsp3) is 0.318. The maximum Gasteiger partial charge on any atom is 0.120 e. The van der Waals surface area contributed by atoms with Gasteiger partial charge in [-0.25, -0.2) is 0 Å². The highest BCUT2D eigenvalue weighted by molar-refractivity contribution is 5.94. The van der Waals surface area contributed by atoms with Gasteiger partial charge in [-0.3, -0.25) is 4.98 Å². The molecule has 1 N–H and O–H groups in total. The van der Waals surface area contributed by atoms with E-state index in [1.807, 2.05) is 26.0 Å². The molecular weight excluding hydrogens is 344 g/mol. The Morgan fingerprint density at radius 2 is 1.77 bits per heavy atom. The highest BCUT2D eigenvalue weighted by Gasteiger charge is 2.07. The van der Waals surface area contributed by atoms with Gasteiger partial charge in [-0.05, 0) is 68.7 Å². The normalized spacial score (nSPS) is 10.4. The number of hydrogen-bond acceptors (Lipinski definition) is 3. The molecular formula is C22H27ClN2O. The molecule has 0 bridgehead atoms. The Labute approximate surface area is 162 Å². The van der Waals surface area contributed by atoms with Crippen LogP contribution in [0.3, 0.4) is 0 Å². The minimum atomic E-state index is 0. The van der Waals surface area contributed by atoms with Gasteiger partial charge in [0.2, 0.25) is 0 Å². The Balaban J connectivity index is 0.00000243. The number of hydrogen-bond donors (Lipinski definition) is 1. The molecule has 0 aliphatic rings. The molecule has 2 aromatic carbocycles. The molecule has 0 saturated carbocycles. The summed E-state index contributed by atoms with van der Waals surface area (Å²) in [6.45, 7) is 6.90. The predicted molar refractivity (Wildman–Crippen MR) is 113 cm³/mol. The Kier molecular flexibility index (Phi) is 7.28. The molecule has 0 aliphatic heterocycles. The van der Waals surface area contributed by atoms with Crippen LogP contribution in [0, 0.1) is 6.92 Å². The second-order valence-electron chi connectivity index (χ2n) is 6.35. The molecule has 0 radical (unpaired) electrons. The van der Waals surface area contributed by atoms with Crippen molar-refractivity contribution in [1.82, 2.24) is 4.98 Å². The molecule has 1 aromatic heterocycles. The summed E-state index contributed by atoms with van der Waals surface area (Å²) in [7, 11) is 0. The van der Waals surface area contributed by atoms with Crippen molar-refractivity contribution >= 4 is 34.7 Å². The van der Waals surface area contributed by atoms with Crippen molar-refractivity contribution in [1.29, 1.82) is 0 Å². The van der Waals surface area contributed by atoms with E-state index in [2.05, 4.69) is 53.6 Å². The third-order valence-electron chi connectivity index (χ3n) is 4.27. The van der Waals surface area contributed by atoms with Crippen molar-refractivity contribution in [3.05, 3.63) is 59.8 Å². The van der Waals surface area contributed by atoms with Gasteiger partial charge in [0, 0.05) is 22.5 Å². The van der Waals surface area contributed by atoms with Crippen molar-refractivity contribution in [3.63, 3.8) is 0 Å². The molecule has 26 heavy (non-hydrogen) atoms. The van der Waals surface area contributed by atoms with E-state index in [4.69, 9.17) is 4.74 Å². The average Bonchev–Trinajstić information content (AvgIpc) is 2.62. The molecule has 0 amide bonds. The molecule has 0 fully saturated rings. The summed E-state index contributed by atoms with van der Waals surface area (Å²) in [5.41, 5.74) is 5.52. The molecule has 3 aromatic rings. The molecule has 3 nitrogen and oxygen atoms in total. The zero-order valence-corrected chi connectivity index (χ0v) is 16.5. The highest BCUT2D eigenvalue weighted by Crippen LogP contribution is 2.29. The van der Waals surface area contributed by atoms with Crippen LogP contribution in [0.1, 0.15) is 37.9 Å². The standard InChI is InChI=1S/C22H26N2O.ClH/c1-4-6-7-17-8-10-18(11-9-17)24-22-14-16(3)23-21-13-12-19(25-5-2)15-20(21)22;/h8-15H,4-7H2,1-3H3,(H,23,24);1H. The molecule has 138 valence electrons. The van der Waals surface area contributed by atoms with Gasteiger partial charge in [-0.15, -0.1) is 12.4 Å². The number of nitrogens with zero attached hydrogens (tertiary/aromatic N) is 1. The fourth-order valence-electron chi connectivity index (χ4n) is 2.99. The maximum absolute atomic E-state index is 5.65. The lowest BCUT2D eigenvalue weighted by atomic mass is 10.1. The minimum absolute atomic E-state index is 0. The summed E-state index contributed by atoms with van der Waals surface area (Å²) in [5, 5.41) is 4.62. The largest absolute Gasteiger partial charge is 0.494 e. The number of halogens is 1. The minimum Gasteiger partial charge on any atom is -0.494 e. The van der Waals surface area contributed by atoms with Gasteiger partial charge < -0.3 is 10.1 Å². The molecule has 3 rings (SSSR count). The summed E-state index contributed by atoms with van der Waals surface area (Å²) < 4.78 is 5.65. The molecule has 0 atom stereocenters. The summed E-state index contributed by atoms with van der Waals surface area (Å²) in [6, 6.07) is 16.9. The van der Waals surface area contributed by atoms with E-state index in [0.29, 0.717) is 6.61 Å². The third kappa shape index (κ3) is 4.89. The van der Waals surface area contributed by atoms with Crippen LogP contribution < -0.4 is 10.1 Å². The van der Waals surface area contributed by atoms with Crippen molar-refractivity contribution < 1.29 is 4.74 Å². The quantitative estimate of drug-likeness (QED) is 0.518. The lowest BCUT2D eigenvalue weighted by molar-refractivity contribution is 0.340. The number of ether oxygens (including phenoxy) is 1. The van der Waals surface area contributed by atoms with E-state index in [-0.39, 0.29) is 12.4 Å². The van der Waals surface area contributed by atoms with Crippen molar-refractivity contribution in [2.24, 2.45) is 0 Å². The Bertz CT molecular complexity index is 847. The summed E-state index contributed by atoms with van der Waals surface area (Å²) >= 11 is 0. The first kappa shape index (κ1) is 20.1. The second kappa shape index (κ2) is 9.44. The Hall–Kier alpha value is -2.26. The molecule has 4 heteroatoms. The lowest BCUT2D eigenvalue weighted by Crippen LogP contribution is -1.97. The smallest absolute Gasteiger partial charge is 0.120 e. The number of unbranched alkanes of at least 4 members (excludes halogenated alkanes) is 1. The summed E-state index contributed by atoms with van der Waals surface area (Å²) in [6.07, 6.45) is 3.61. The van der Waals surface area contributed by atoms with Crippen LogP contribution in [-0.2, 0) is 6.42 Å². The van der Waals surface area contributed by atoms with E-state index in [9.17, 15) is 0 Å². The van der Waals surface area contributed by atoms with Gasteiger partial charge in [0.05, 0.1) is 12.1 Å². The predicted octanol–water partition coefficient (Wildman–Crippen LogP) is 6.45. The number of rotatable bonds is 7. The third-order valence-corrected chi connectivity index (χ3v) is 4.27. The number of benzene rings is 2. The van der Waals surface area contributed by atoms with Crippen LogP contribution in [0.4, 0.5) is 11.4 Å². The molecule has 0 unspecified atom stereocenters. The second-order valence-corrected chi connectivity index (χ2v) is 6.35. The van der Waals surface area contributed by atoms with E-state index in [0.717, 1.165) is 40.1 Å². The average molecular weight is 371 g/mol. The molecule has 0 aliphatic carbocycles. The Morgan fingerprint density at radius 1 is 1.00 bits per heavy atom. The van der Waals surface area contributed by atoms with Gasteiger partial charge in [0.25, 0.3) is 0 Å². The van der Waals surface area contributed by atoms with Gasteiger partial charge >= 0.3 is 0 Å². The van der Waals surface area contributed by atoms with Gasteiger partial charge in [-0.2, -0.15) is 0 Å². The van der Waals surface area contributed by atoms with Crippen molar-refractivity contribution in [3.8, 4) is 5.75 Å². The number of aromatic nitrogens is 1. The van der Waals surface area contributed by atoms with Crippen LogP contribution in [0.2, 0.25) is 0 Å². The fourth-order valence-corrected chi connectivity index (χ4v) is 2.99. The first-order valence-corrected chi connectivity index (χ1v) is 9.09. The van der Waals surface area contributed by atoms with Crippen molar-refractivity contribution in [2.45, 2.75) is 40.0 Å². The summed E-state index contributed by atoms with van der Waals surface area (Å²) in [4.78, 5) is 4.63. The first-order chi connectivity index (χ1) is 12.2. The monoisotopic (exact) mass is 370 g/mol. The van der Waals surface area contributed by atoms with Crippen LogP contribution in [0.25, 0.3) is 10.9 Å². The maximum atomic E-state index is 5.65. The van der Waals surface area contributed by atoms with E-state index in [1.54, 1.807) is 0 Å². The Morgan fingerprint density at radius 3 is 2.46 bits per heavy atom. The van der Waals surface area contributed by atoms with Crippen LogP contribution in [0.5, 0.6) is 5.75 Å².